The van der Waals surface area contributed by atoms with Gasteiger partial charge in [0.15, 0.2) is 6.67 Å². The number of rotatable bonds is 3. The van der Waals surface area contributed by atoms with Crippen molar-refractivity contribution >= 4 is 12.2 Å². The highest BCUT2D eigenvalue weighted by Gasteiger charge is 2.16. The molecule has 0 atom stereocenters. The highest BCUT2D eigenvalue weighted by Crippen LogP contribution is 2.15. The number of ether oxygens (including phenoxy) is 1. The Kier molecular flexibility index (Phi) is 3.67. The van der Waals surface area contributed by atoms with Crippen molar-refractivity contribution in [3.8, 4) is 11.5 Å². The van der Waals surface area contributed by atoms with Crippen LogP contribution < -0.4 is 4.90 Å². The lowest BCUT2D eigenvalue weighted by atomic mass is 10.3. The van der Waals surface area contributed by atoms with Gasteiger partial charge in [-0.2, -0.15) is 4.68 Å². The van der Waals surface area contributed by atoms with E-state index in [9.17, 15) is 0 Å². The second kappa shape index (κ2) is 5.60. The maximum atomic E-state index is 5.54. The van der Waals surface area contributed by atoms with Crippen molar-refractivity contribution in [1.29, 1.82) is 0 Å². The van der Waals surface area contributed by atoms with Crippen LogP contribution in [0.2, 0.25) is 0 Å². The zero-order chi connectivity index (χ0) is 13.1. The van der Waals surface area contributed by atoms with Crippen LogP contribution in [0.1, 0.15) is 0 Å². The summed E-state index contributed by atoms with van der Waals surface area (Å²) >= 11 is 5.21. The maximum Gasteiger partial charge on any atom is 0.292 e. The van der Waals surface area contributed by atoms with E-state index < -0.39 is 0 Å². The molecule has 7 heteroatoms. The van der Waals surface area contributed by atoms with Gasteiger partial charge >= 0.3 is 0 Å². The second-order valence-corrected chi connectivity index (χ2v) is 4.78. The van der Waals surface area contributed by atoms with E-state index in [0.717, 1.165) is 38.5 Å². The molecule has 3 rings (SSSR count). The van der Waals surface area contributed by atoms with Gasteiger partial charge in [-0.15, -0.1) is 5.10 Å². The fourth-order valence-corrected chi connectivity index (χ4v) is 2.23. The number of hydrogen-bond acceptors (Lipinski definition) is 5. The molecule has 0 amide bonds. The fourth-order valence-electron chi connectivity index (χ4n) is 2.05. The Labute approximate surface area is 115 Å². The molecule has 1 fully saturated rings. The lowest BCUT2D eigenvalue weighted by Crippen LogP contribution is -3.13. The Hall–Kier alpha value is -1.57. The highest BCUT2D eigenvalue weighted by atomic mass is 32.1. The molecule has 1 N–H and O–H groups in total. The van der Waals surface area contributed by atoms with Crippen molar-refractivity contribution < 1.29 is 14.1 Å². The van der Waals surface area contributed by atoms with Crippen molar-refractivity contribution in [3.05, 3.63) is 29.4 Å². The Morgan fingerprint density at radius 2 is 2.00 bits per heavy atom. The van der Waals surface area contributed by atoms with E-state index in [2.05, 4.69) is 10.1 Å². The summed E-state index contributed by atoms with van der Waals surface area (Å²) in [5.41, 5.74) is 0.886. The lowest BCUT2D eigenvalue weighted by Gasteiger charge is -2.22. The normalized spacial score (nSPS) is 16.6. The van der Waals surface area contributed by atoms with E-state index in [1.165, 1.54) is 4.90 Å². The van der Waals surface area contributed by atoms with Gasteiger partial charge in [0.25, 0.3) is 4.84 Å². The zero-order valence-corrected chi connectivity index (χ0v) is 11.2. The Morgan fingerprint density at radius 1 is 1.26 bits per heavy atom. The number of hydrogen-bond donors (Lipinski definition) is 1. The van der Waals surface area contributed by atoms with Crippen LogP contribution in [0.15, 0.2) is 28.9 Å². The molecule has 0 spiro atoms. The Balaban J connectivity index is 1.79. The quantitative estimate of drug-likeness (QED) is 0.810. The Bertz CT molecular complexity index is 589. The molecule has 19 heavy (non-hydrogen) atoms. The predicted octanol–water partition coefficient (Wildman–Crippen LogP) is 0.140. The SMILES string of the molecule is S=c1oc(-c2ccncc2)nn1C[NH+]1CCOCC1. The summed E-state index contributed by atoms with van der Waals surface area (Å²) in [5.74, 6) is 0.542. The van der Waals surface area contributed by atoms with Gasteiger partial charge in [-0.3, -0.25) is 4.98 Å². The minimum atomic E-state index is 0.408. The largest absolute Gasteiger partial charge is 0.409 e. The summed E-state index contributed by atoms with van der Waals surface area (Å²) in [6.07, 6.45) is 3.42. The van der Waals surface area contributed by atoms with Gasteiger partial charge in [-0.25, -0.2) is 0 Å². The lowest BCUT2D eigenvalue weighted by molar-refractivity contribution is -0.931. The van der Waals surface area contributed by atoms with Crippen LogP contribution in [0.4, 0.5) is 0 Å². The van der Waals surface area contributed by atoms with Gasteiger partial charge in [0.05, 0.1) is 13.2 Å². The molecule has 0 aromatic carbocycles. The molecule has 2 aromatic heterocycles. The molecule has 3 heterocycles. The molecular weight excluding hydrogens is 264 g/mol. The van der Waals surface area contributed by atoms with Gasteiger partial charge < -0.3 is 14.1 Å². The third-order valence-electron chi connectivity index (χ3n) is 3.11. The first-order valence-corrected chi connectivity index (χ1v) is 6.63. The van der Waals surface area contributed by atoms with E-state index in [1.807, 2.05) is 12.1 Å². The maximum absolute atomic E-state index is 5.54. The summed E-state index contributed by atoms with van der Waals surface area (Å²) < 4.78 is 12.6. The van der Waals surface area contributed by atoms with Gasteiger partial charge in [-0.1, -0.05) is 0 Å². The van der Waals surface area contributed by atoms with Crippen molar-refractivity contribution in [2.45, 2.75) is 6.67 Å². The number of pyridine rings is 1. The molecule has 0 aliphatic carbocycles. The summed E-state index contributed by atoms with van der Waals surface area (Å²) in [7, 11) is 0. The van der Waals surface area contributed by atoms with E-state index in [0.29, 0.717) is 10.7 Å². The van der Waals surface area contributed by atoms with E-state index in [4.69, 9.17) is 21.4 Å². The van der Waals surface area contributed by atoms with Crippen LogP contribution in [0.25, 0.3) is 11.5 Å². The molecule has 0 unspecified atom stereocenters. The number of morpholine rings is 1. The molecule has 100 valence electrons. The third-order valence-corrected chi connectivity index (χ3v) is 3.40. The van der Waals surface area contributed by atoms with Crippen molar-refractivity contribution in [3.63, 3.8) is 0 Å². The van der Waals surface area contributed by atoms with Crippen molar-refractivity contribution in [2.24, 2.45) is 0 Å². The van der Waals surface area contributed by atoms with Gasteiger partial charge in [0, 0.05) is 18.0 Å². The van der Waals surface area contributed by atoms with Gasteiger partial charge in [0.1, 0.15) is 13.1 Å². The summed E-state index contributed by atoms with van der Waals surface area (Å²) in [4.78, 5) is 5.78. The Morgan fingerprint density at radius 3 is 2.74 bits per heavy atom. The third kappa shape index (κ3) is 2.89. The molecule has 2 aromatic rings. The minimum absolute atomic E-state index is 0.408. The van der Waals surface area contributed by atoms with Crippen LogP contribution in [0.5, 0.6) is 0 Å². The van der Waals surface area contributed by atoms with Crippen LogP contribution in [0.3, 0.4) is 0 Å². The topological polar surface area (TPSA) is 57.5 Å². The van der Waals surface area contributed by atoms with E-state index >= 15 is 0 Å². The number of nitrogens with one attached hydrogen (secondary N) is 1. The number of nitrogens with zero attached hydrogens (tertiary/aromatic N) is 3. The fraction of sp³-hybridized carbons (Fsp3) is 0.417. The number of aromatic nitrogens is 3. The predicted molar refractivity (Wildman–Crippen MR) is 70.1 cm³/mol. The van der Waals surface area contributed by atoms with Gasteiger partial charge in [-0.05, 0) is 24.4 Å². The summed E-state index contributed by atoms with van der Waals surface area (Å²) in [5, 5.41) is 4.43. The summed E-state index contributed by atoms with van der Waals surface area (Å²) in [6.45, 7) is 4.24. The molecule has 1 saturated heterocycles. The van der Waals surface area contributed by atoms with Crippen molar-refractivity contribution in [1.82, 2.24) is 14.8 Å². The van der Waals surface area contributed by atoms with Crippen LogP contribution in [0, 0.1) is 4.84 Å². The zero-order valence-electron chi connectivity index (χ0n) is 10.4. The average molecular weight is 279 g/mol. The first-order valence-electron chi connectivity index (χ1n) is 6.22. The minimum Gasteiger partial charge on any atom is -0.409 e. The molecule has 6 nitrogen and oxygen atoms in total. The standard InChI is InChI=1S/C12H14N4O2S/c19-12-16(9-15-5-7-17-8-6-15)14-11(18-12)10-1-3-13-4-2-10/h1-4H,5-9H2/p+1. The van der Waals surface area contributed by atoms with E-state index in [1.54, 1.807) is 17.1 Å². The second-order valence-electron chi connectivity index (χ2n) is 4.43. The van der Waals surface area contributed by atoms with Crippen molar-refractivity contribution in [2.75, 3.05) is 26.3 Å². The molecule has 0 radical (unpaired) electrons. The first-order chi connectivity index (χ1) is 9.33. The monoisotopic (exact) mass is 279 g/mol. The van der Waals surface area contributed by atoms with E-state index in [-0.39, 0.29) is 0 Å². The first kappa shape index (κ1) is 12.5. The van der Waals surface area contributed by atoms with Gasteiger partial charge in [0.2, 0.25) is 5.89 Å². The molecule has 1 aliphatic heterocycles. The molecular formula is C12H15N4O2S+. The molecule has 1 aliphatic rings. The van der Waals surface area contributed by atoms with Crippen LogP contribution in [-0.2, 0) is 11.4 Å². The highest BCUT2D eigenvalue weighted by molar-refractivity contribution is 7.71. The van der Waals surface area contributed by atoms with Crippen LogP contribution >= 0.6 is 12.2 Å². The smallest absolute Gasteiger partial charge is 0.292 e. The van der Waals surface area contributed by atoms with Crippen LogP contribution in [-0.4, -0.2) is 41.1 Å². The molecule has 0 bridgehead atoms. The average Bonchev–Trinajstić information content (AvgIpc) is 2.82. The number of quaternary nitrogens is 1. The summed E-state index contributed by atoms with van der Waals surface area (Å²) in [6, 6.07) is 3.71. The molecule has 0 saturated carbocycles.